The summed E-state index contributed by atoms with van der Waals surface area (Å²) in [6, 6.07) is 10.5. The first-order chi connectivity index (χ1) is 14.1. The number of benzene rings is 2. The number of hydrogen-bond donors (Lipinski definition) is 0. The van der Waals surface area contributed by atoms with Crippen molar-refractivity contribution in [2.24, 2.45) is 0 Å². The topological polar surface area (TPSA) is 44.8 Å². The maximum Gasteiger partial charge on any atom is 0.133 e. The van der Waals surface area contributed by atoms with Gasteiger partial charge in [0.1, 0.15) is 30.3 Å². The van der Waals surface area contributed by atoms with Gasteiger partial charge in [0.25, 0.3) is 0 Å². The van der Waals surface area contributed by atoms with E-state index >= 15 is 0 Å². The molecule has 4 rings (SSSR count). The van der Waals surface area contributed by atoms with Crippen molar-refractivity contribution >= 4 is 10.8 Å². The molecule has 2 aromatic rings. The van der Waals surface area contributed by atoms with Crippen LogP contribution in [0.15, 0.2) is 30.3 Å². The van der Waals surface area contributed by atoms with Crippen LogP contribution >= 0.6 is 0 Å². The zero-order valence-electron chi connectivity index (χ0n) is 18.1. The molecule has 2 heterocycles. The smallest absolute Gasteiger partial charge is 0.133 e. The normalized spacial score (nSPS) is 22.9. The summed E-state index contributed by atoms with van der Waals surface area (Å²) < 4.78 is 29.2. The summed E-state index contributed by atoms with van der Waals surface area (Å²) in [4.78, 5) is 0. The van der Waals surface area contributed by atoms with Crippen molar-refractivity contribution in [3.8, 4) is 22.6 Å². The fraction of sp³-hybridized carbons (Fsp3) is 0.500. The van der Waals surface area contributed by atoms with Crippen molar-refractivity contribution in [3.63, 3.8) is 0 Å². The second-order valence-corrected chi connectivity index (χ2v) is 9.05. The highest BCUT2D eigenvalue weighted by Gasteiger charge is 2.27. The fourth-order valence-electron chi connectivity index (χ4n) is 4.11. The number of methoxy groups -OCH3 is 1. The van der Waals surface area contributed by atoms with Crippen molar-refractivity contribution < 1.29 is 18.4 Å². The van der Waals surface area contributed by atoms with E-state index in [-0.39, 0.29) is 12.2 Å². The predicted octanol–water partition coefficient (Wildman–Crippen LogP) is 5.37. The van der Waals surface area contributed by atoms with Crippen LogP contribution in [0, 0.1) is 13.8 Å². The SMILES string of the molecule is CC.COC1COc2c(-c3c(C)cc(OC4CCS(=O)CC4)cc3C)cccc21. The van der Waals surface area contributed by atoms with Gasteiger partial charge in [-0.25, -0.2) is 0 Å². The molecular formula is C24H32O4S. The molecule has 29 heavy (non-hydrogen) atoms. The van der Waals surface area contributed by atoms with Crippen molar-refractivity contribution in [2.75, 3.05) is 25.2 Å². The number of rotatable bonds is 4. The Morgan fingerprint density at radius 2 is 1.72 bits per heavy atom. The van der Waals surface area contributed by atoms with Crippen LogP contribution in [0.25, 0.3) is 11.1 Å². The summed E-state index contributed by atoms with van der Waals surface area (Å²) in [5.74, 6) is 3.32. The lowest BCUT2D eigenvalue weighted by Gasteiger charge is -2.24. The molecule has 0 aliphatic carbocycles. The van der Waals surface area contributed by atoms with Gasteiger partial charge in [-0.2, -0.15) is 0 Å². The van der Waals surface area contributed by atoms with E-state index in [1.165, 1.54) is 16.7 Å². The predicted molar refractivity (Wildman–Crippen MR) is 119 cm³/mol. The molecule has 1 atom stereocenters. The Kier molecular flexibility index (Phi) is 7.36. The Morgan fingerprint density at radius 1 is 1.07 bits per heavy atom. The first-order valence-corrected chi connectivity index (χ1v) is 12.0. The van der Waals surface area contributed by atoms with Crippen LogP contribution in [0.3, 0.4) is 0 Å². The van der Waals surface area contributed by atoms with Crippen LogP contribution in [0.4, 0.5) is 0 Å². The minimum atomic E-state index is -0.664. The van der Waals surface area contributed by atoms with Crippen LogP contribution in [0.1, 0.15) is 49.5 Å². The van der Waals surface area contributed by atoms with Gasteiger partial charge in [0.05, 0.1) is 0 Å². The van der Waals surface area contributed by atoms with Crippen molar-refractivity contribution in [1.82, 2.24) is 0 Å². The molecule has 0 aromatic heterocycles. The van der Waals surface area contributed by atoms with E-state index in [0.29, 0.717) is 6.61 Å². The van der Waals surface area contributed by atoms with E-state index in [1.807, 2.05) is 13.8 Å². The van der Waals surface area contributed by atoms with Crippen LogP contribution < -0.4 is 9.47 Å². The molecule has 0 bridgehead atoms. The van der Waals surface area contributed by atoms with Gasteiger partial charge in [-0.15, -0.1) is 0 Å². The molecule has 5 heteroatoms. The van der Waals surface area contributed by atoms with E-state index in [1.54, 1.807) is 7.11 Å². The molecule has 1 unspecified atom stereocenters. The zero-order valence-corrected chi connectivity index (χ0v) is 18.9. The quantitative estimate of drug-likeness (QED) is 0.672. The van der Waals surface area contributed by atoms with Crippen molar-refractivity contribution in [2.45, 2.75) is 52.7 Å². The van der Waals surface area contributed by atoms with Crippen LogP contribution in [-0.2, 0) is 15.5 Å². The van der Waals surface area contributed by atoms with Gasteiger partial charge in [0, 0.05) is 40.5 Å². The van der Waals surface area contributed by atoms with Crippen LogP contribution in [-0.4, -0.2) is 35.5 Å². The largest absolute Gasteiger partial charge is 0.490 e. The van der Waals surface area contributed by atoms with Crippen LogP contribution in [0.2, 0.25) is 0 Å². The molecule has 0 saturated carbocycles. The third kappa shape index (κ3) is 4.67. The molecule has 2 aliphatic heterocycles. The van der Waals surface area contributed by atoms with E-state index in [9.17, 15) is 4.21 Å². The average molecular weight is 417 g/mol. The Morgan fingerprint density at radius 3 is 2.34 bits per heavy atom. The van der Waals surface area contributed by atoms with Crippen molar-refractivity contribution in [1.29, 1.82) is 0 Å². The second-order valence-electron chi connectivity index (χ2n) is 7.36. The van der Waals surface area contributed by atoms with Gasteiger partial charge in [-0.1, -0.05) is 32.0 Å². The summed E-state index contributed by atoms with van der Waals surface area (Å²) in [5, 5.41) is 0. The highest BCUT2D eigenvalue weighted by molar-refractivity contribution is 7.85. The number of para-hydroxylation sites is 1. The van der Waals surface area contributed by atoms with Gasteiger partial charge in [-0.3, -0.25) is 4.21 Å². The third-order valence-electron chi connectivity index (χ3n) is 5.47. The summed E-state index contributed by atoms with van der Waals surface area (Å²) in [6.45, 7) is 8.80. The zero-order chi connectivity index (χ0) is 21.0. The van der Waals surface area contributed by atoms with E-state index in [2.05, 4.69) is 44.2 Å². The fourth-order valence-corrected chi connectivity index (χ4v) is 5.37. The highest BCUT2D eigenvalue weighted by Crippen LogP contribution is 2.44. The van der Waals surface area contributed by atoms with Gasteiger partial charge >= 0.3 is 0 Å². The summed E-state index contributed by atoms with van der Waals surface area (Å²) in [7, 11) is 1.06. The number of aryl methyl sites for hydroxylation is 2. The minimum Gasteiger partial charge on any atom is -0.490 e. The maximum atomic E-state index is 11.5. The summed E-state index contributed by atoms with van der Waals surface area (Å²) in [6.07, 6.45) is 1.90. The van der Waals surface area contributed by atoms with E-state index in [0.717, 1.165) is 47.0 Å². The van der Waals surface area contributed by atoms with Crippen LogP contribution in [0.5, 0.6) is 11.5 Å². The third-order valence-corrected chi connectivity index (χ3v) is 6.85. The standard InChI is InChI=1S/C22H26O4S.C2H6/c1-14-11-17(26-16-7-9-27(23)10-8-16)12-15(2)21(14)19-6-4-5-18-20(24-3)13-25-22(18)19;1-2/h4-6,11-12,16,20H,7-10,13H2,1-3H3;1-2H3. The van der Waals surface area contributed by atoms with E-state index in [4.69, 9.17) is 14.2 Å². The molecule has 4 nitrogen and oxygen atoms in total. The Labute approximate surface area is 177 Å². The molecule has 158 valence electrons. The first kappa shape index (κ1) is 21.8. The number of ether oxygens (including phenoxy) is 3. The Bertz CT molecular complexity index is 844. The second kappa shape index (κ2) is 9.77. The molecule has 1 saturated heterocycles. The number of hydrogen-bond acceptors (Lipinski definition) is 4. The lowest BCUT2D eigenvalue weighted by molar-refractivity contribution is 0.0818. The Balaban J connectivity index is 0.00000117. The van der Waals surface area contributed by atoms with E-state index < -0.39 is 10.8 Å². The molecule has 0 amide bonds. The Hall–Kier alpha value is -1.85. The first-order valence-electron chi connectivity index (χ1n) is 10.5. The lowest BCUT2D eigenvalue weighted by atomic mass is 9.93. The molecule has 0 radical (unpaired) electrons. The molecule has 2 aromatic carbocycles. The number of fused-ring (bicyclic) bond motifs is 1. The summed E-state index contributed by atoms with van der Waals surface area (Å²) in [5.41, 5.74) is 5.76. The molecule has 0 N–H and O–H groups in total. The highest BCUT2D eigenvalue weighted by atomic mass is 32.2. The minimum absolute atomic E-state index is 0.0000194. The van der Waals surface area contributed by atoms with Gasteiger partial charge < -0.3 is 14.2 Å². The summed E-state index contributed by atoms with van der Waals surface area (Å²) >= 11 is 0. The van der Waals surface area contributed by atoms with Gasteiger partial charge in [0.15, 0.2) is 0 Å². The monoisotopic (exact) mass is 416 g/mol. The molecule has 0 spiro atoms. The average Bonchev–Trinajstić information content (AvgIpc) is 3.15. The molecule has 2 aliphatic rings. The maximum absolute atomic E-state index is 11.5. The van der Waals surface area contributed by atoms with Gasteiger partial charge in [0.2, 0.25) is 0 Å². The lowest BCUT2D eigenvalue weighted by Crippen LogP contribution is -2.27. The van der Waals surface area contributed by atoms with Gasteiger partial charge in [-0.05, 0) is 55.5 Å². The van der Waals surface area contributed by atoms with Crippen molar-refractivity contribution in [3.05, 3.63) is 47.0 Å². The molecular weight excluding hydrogens is 384 g/mol. The molecule has 1 fully saturated rings.